The van der Waals surface area contributed by atoms with Gasteiger partial charge in [0.15, 0.2) is 0 Å². The molecule has 8 nitrogen and oxygen atoms in total. The highest BCUT2D eigenvalue weighted by Gasteiger charge is 2.27. The van der Waals surface area contributed by atoms with E-state index in [1.165, 1.54) is 38.5 Å². The molecule has 0 bridgehead atoms. The number of hydrogen-bond acceptors (Lipinski definition) is 5. The number of unbranched alkanes of at least 4 members (excludes halogenated alkanes) is 11. The van der Waals surface area contributed by atoms with Gasteiger partial charge >= 0.3 is 7.82 Å². The molecule has 0 fully saturated rings. The van der Waals surface area contributed by atoms with E-state index in [2.05, 4.69) is 55.6 Å². The Kier molecular flexibility index (Phi) is 27.7. The maximum Gasteiger partial charge on any atom is 0.472 e. The van der Waals surface area contributed by atoms with Crippen molar-refractivity contribution in [1.82, 2.24) is 5.32 Å². The molecule has 45 heavy (non-hydrogen) atoms. The summed E-state index contributed by atoms with van der Waals surface area (Å²) in [4.78, 5) is 22.9. The lowest BCUT2D eigenvalue weighted by Crippen LogP contribution is -2.45. The van der Waals surface area contributed by atoms with Gasteiger partial charge in [0.1, 0.15) is 13.2 Å². The third kappa shape index (κ3) is 30.9. The Morgan fingerprint density at radius 3 is 1.89 bits per heavy atom. The number of likely N-dealkylation sites (N-methyl/N-ethyl adjacent to an activating group) is 1. The van der Waals surface area contributed by atoms with Gasteiger partial charge < -0.3 is 19.8 Å². The van der Waals surface area contributed by atoms with Crippen LogP contribution >= 0.6 is 7.82 Å². The highest BCUT2D eigenvalue weighted by Crippen LogP contribution is 2.43. The van der Waals surface area contributed by atoms with Crippen molar-refractivity contribution in [3.8, 4) is 0 Å². The number of carbonyl (C=O) groups excluding carboxylic acids is 1. The van der Waals surface area contributed by atoms with Crippen LogP contribution in [0.1, 0.15) is 123 Å². The van der Waals surface area contributed by atoms with Gasteiger partial charge in [-0.3, -0.25) is 13.8 Å². The summed E-state index contributed by atoms with van der Waals surface area (Å²) in [6, 6.07) is -0.870. The molecule has 3 N–H and O–H groups in total. The summed E-state index contributed by atoms with van der Waals surface area (Å²) in [6.07, 6.45) is 33.3. The summed E-state index contributed by atoms with van der Waals surface area (Å²) in [6.45, 7) is 4.59. The van der Waals surface area contributed by atoms with Crippen molar-refractivity contribution in [2.24, 2.45) is 0 Å². The Morgan fingerprint density at radius 2 is 1.29 bits per heavy atom. The van der Waals surface area contributed by atoms with Crippen LogP contribution in [-0.4, -0.2) is 73.4 Å². The molecule has 0 spiro atoms. The van der Waals surface area contributed by atoms with E-state index >= 15 is 0 Å². The molecule has 0 saturated carbocycles. The molecule has 0 aromatic heterocycles. The average molecular weight is 656 g/mol. The summed E-state index contributed by atoms with van der Waals surface area (Å²) >= 11 is 0. The standard InChI is InChI=1S/C36H67N2O6P/c1-6-8-10-12-14-16-18-19-20-22-24-26-28-30-36(40)37-34(33-44-45(41,42)43-32-31-38(3,4)5)35(39)29-27-25-23-21-17-15-13-11-9-7-2/h9,11,16-18,21,27,29,34-35,39H,6-8,10,12-15,19-20,22-26,28,30-33H2,1-5H3,(H-,37,40,41,42)/p+1/b11-9+,18-16-,21-17+,29-27+. The van der Waals surface area contributed by atoms with Crippen LogP contribution < -0.4 is 5.32 Å². The molecular weight excluding hydrogens is 587 g/mol. The van der Waals surface area contributed by atoms with E-state index in [9.17, 15) is 19.4 Å². The highest BCUT2D eigenvalue weighted by atomic mass is 31.2. The number of quaternary nitrogens is 1. The van der Waals surface area contributed by atoms with Gasteiger partial charge in [-0.1, -0.05) is 101 Å². The van der Waals surface area contributed by atoms with Crippen molar-refractivity contribution >= 4 is 13.7 Å². The van der Waals surface area contributed by atoms with Crippen molar-refractivity contribution in [1.29, 1.82) is 0 Å². The van der Waals surface area contributed by atoms with E-state index in [0.717, 1.165) is 64.2 Å². The first-order chi connectivity index (χ1) is 21.5. The van der Waals surface area contributed by atoms with Crippen LogP contribution in [0.4, 0.5) is 0 Å². The second-order valence-electron chi connectivity index (χ2n) is 12.8. The average Bonchev–Trinajstić information content (AvgIpc) is 2.97. The molecule has 0 saturated heterocycles. The summed E-state index contributed by atoms with van der Waals surface area (Å²) in [5.41, 5.74) is 0. The van der Waals surface area contributed by atoms with E-state index in [1.54, 1.807) is 6.08 Å². The smallest absolute Gasteiger partial charge is 0.387 e. The number of allylic oxidation sites excluding steroid dienone is 7. The SMILES string of the molecule is CC/C=C/CC/C=C/CC/C=C/C(O)C(COP(=O)(O)OCC[N+](C)(C)C)NC(=O)CCCCCCC/C=C\CCCCCC. The molecule has 3 unspecified atom stereocenters. The lowest BCUT2D eigenvalue weighted by molar-refractivity contribution is -0.870. The van der Waals surface area contributed by atoms with E-state index < -0.39 is 20.0 Å². The van der Waals surface area contributed by atoms with Crippen molar-refractivity contribution in [3.63, 3.8) is 0 Å². The predicted octanol–water partition coefficient (Wildman–Crippen LogP) is 8.57. The number of carbonyl (C=O) groups is 1. The van der Waals surface area contributed by atoms with Gasteiger partial charge in [0.05, 0.1) is 39.9 Å². The lowest BCUT2D eigenvalue weighted by atomic mass is 10.1. The lowest BCUT2D eigenvalue weighted by Gasteiger charge is -2.25. The number of phosphoric ester groups is 1. The Hall–Kier alpha value is -1.54. The number of hydrogen-bond donors (Lipinski definition) is 3. The van der Waals surface area contributed by atoms with Crippen LogP contribution in [0.2, 0.25) is 0 Å². The summed E-state index contributed by atoms with van der Waals surface area (Å²) in [5, 5.41) is 13.6. The molecule has 0 aromatic rings. The number of rotatable bonds is 30. The fraction of sp³-hybridized carbons (Fsp3) is 0.750. The molecule has 0 aliphatic heterocycles. The van der Waals surface area contributed by atoms with Crippen LogP contribution in [0.5, 0.6) is 0 Å². The first-order valence-electron chi connectivity index (χ1n) is 17.5. The molecule has 262 valence electrons. The first-order valence-corrected chi connectivity index (χ1v) is 19.0. The summed E-state index contributed by atoms with van der Waals surface area (Å²) < 4.78 is 23.3. The molecule has 0 aromatic carbocycles. The first kappa shape index (κ1) is 43.5. The Balaban J connectivity index is 4.66. The largest absolute Gasteiger partial charge is 0.472 e. The quantitative estimate of drug-likeness (QED) is 0.0310. The van der Waals surface area contributed by atoms with Crippen LogP contribution in [0, 0.1) is 0 Å². The van der Waals surface area contributed by atoms with Crippen LogP contribution in [0.15, 0.2) is 48.6 Å². The normalized spacial score (nSPS) is 15.4. The molecule has 0 radical (unpaired) electrons. The van der Waals surface area contributed by atoms with E-state index in [1.807, 2.05) is 27.2 Å². The number of nitrogens with one attached hydrogen (secondary N) is 1. The van der Waals surface area contributed by atoms with Crippen LogP contribution in [-0.2, 0) is 18.4 Å². The van der Waals surface area contributed by atoms with Crippen molar-refractivity contribution in [2.45, 2.75) is 135 Å². The van der Waals surface area contributed by atoms with Gasteiger partial charge in [-0.05, 0) is 64.2 Å². The van der Waals surface area contributed by atoms with E-state index in [-0.39, 0.29) is 19.1 Å². The Labute approximate surface area is 276 Å². The second-order valence-corrected chi connectivity index (χ2v) is 14.3. The molecule has 0 aliphatic rings. The second kappa shape index (κ2) is 28.7. The zero-order chi connectivity index (χ0) is 33.7. The Bertz CT molecular complexity index is 881. The number of aliphatic hydroxyl groups excluding tert-OH is 1. The predicted molar refractivity (Wildman–Crippen MR) is 189 cm³/mol. The molecule has 0 heterocycles. The fourth-order valence-electron chi connectivity index (χ4n) is 4.42. The molecule has 0 aliphatic carbocycles. The van der Waals surface area contributed by atoms with Crippen molar-refractivity contribution in [2.75, 3.05) is 40.9 Å². The van der Waals surface area contributed by atoms with E-state index in [0.29, 0.717) is 17.4 Å². The minimum absolute atomic E-state index is 0.0501. The molecule has 9 heteroatoms. The topological polar surface area (TPSA) is 105 Å². The zero-order valence-electron chi connectivity index (χ0n) is 29.3. The summed E-state index contributed by atoms with van der Waals surface area (Å²) in [7, 11) is 1.53. The third-order valence-corrected chi connectivity index (χ3v) is 8.24. The molecule has 3 atom stereocenters. The Morgan fingerprint density at radius 1 is 0.756 bits per heavy atom. The maximum atomic E-state index is 12.7. The van der Waals surface area contributed by atoms with Crippen molar-refractivity contribution in [3.05, 3.63) is 48.6 Å². The van der Waals surface area contributed by atoms with Crippen LogP contribution in [0.3, 0.4) is 0 Å². The molecule has 1 amide bonds. The summed E-state index contributed by atoms with van der Waals surface area (Å²) in [5.74, 6) is -0.208. The van der Waals surface area contributed by atoms with Gasteiger partial charge in [-0.25, -0.2) is 4.57 Å². The molecule has 0 rings (SSSR count). The monoisotopic (exact) mass is 655 g/mol. The third-order valence-electron chi connectivity index (χ3n) is 7.26. The fourth-order valence-corrected chi connectivity index (χ4v) is 5.16. The number of phosphoric acid groups is 1. The highest BCUT2D eigenvalue weighted by molar-refractivity contribution is 7.47. The van der Waals surface area contributed by atoms with Crippen LogP contribution in [0.25, 0.3) is 0 Å². The number of aliphatic hydroxyl groups is 1. The van der Waals surface area contributed by atoms with Gasteiger partial charge in [0, 0.05) is 6.42 Å². The van der Waals surface area contributed by atoms with Gasteiger partial charge in [-0.2, -0.15) is 0 Å². The number of amides is 1. The molecular formula is C36H68N2O6P+. The van der Waals surface area contributed by atoms with Gasteiger partial charge in [0.25, 0.3) is 0 Å². The zero-order valence-corrected chi connectivity index (χ0v) is 30.2. The van der Waals surface area contributed by atoms with Gasteiger partial charge in [-0.15, -0.1) is 0 Å². The van der Waals surface area contributed by atoms with E-state index in [4.69, 9.17) is 9.05 Å². The minimum atomic E-state index is -4.34. The van der Waals surface area contributed by atoms with Crippen molar-refractivity contribution < 1.29 is 32.9 Å². The number of nitrogens with zero attached hydrogens (tertiary/aromatic N) is 1. The maximum absolute atomic E-state index is 12.7. The minimum Gasteiger partial charge on any atom is -0.387 e. The van der Waals surface area contributed by atoms with Gasteiger partial charge in [0.2, 0.25) is 5.91 Å².